The number of aliphatic hydroxyl groups is 1. The number of furan rings is 1. The van der Waals surface area contributed by atoms with Gasteiger partial charge in [0, 0.05) is 5.70 Å². The van der Waals surface area contributed by atoms with Crippen LogP contribution in [0, 0.1) is 5.92 Å². The van der Waals surface area contributed by atoms with E-state index in [1.54, 1.807) is 5.43 Å². The molecule has 2 atom stereocenters. The number of allylic oxidation sites excluding steroid dienone is 1. The molecule has 4 N–H and O–H groups in total. The number of nitrogens with two attached hydrogens (primary N) is 1. The topological polar surface area (TPSA) is 135 Å². The Morgan fingerprint density at radius 3 is 2.46 bits per heavy atom. The number of ether oxygens (including phenoxy) is 1. The van der Waals surface area contributed by atoms with Crippen molar-refractivity contribution in [1.29, 1.82) is 0 Å². The first kappa shape index (κ1) is 19.3. The number of urea groups is 1. The van der Waals surface area contributed by atoms with Gasteiger partial charge in [0.05, 0.1) is 18.9 Å². The van der Waals surface area contributed by atoms with E-state index in [0.29, 0.717) is 0 Å². The minimum atomic E-state index is -5.49. The number of methoxy groups -OCH3 is 1. The molecule has 2 unspecified atom stereocenters. The lowest BCUT2D eigenvalue weighted by Crippen LogP contribution is -2.66. The maximum atomic E-state index is 13.8. The van der Waals surface area contributed by atoms with E-state index < -0.39 is 52.6 Å². The van der Waals surface area contributed by atoms with E-state index in [1.807, 2.05) is 0 Å². The number of primary amides is 1. The minimum absolute atomic E-state index is 0.0763. The molecule has 1 aromatic rings. The largest absolute Gasteiger partial charge is 0.466 e. The van der Waals surface area contributed by atoms with Crippen molar-refractivity contribution < 1.29 is 41.8 Å². The predicted octanol–water partition coefficient (Wildman–Crippen LogP) is 0.675. The standard InChI is InChI=1S/C14H14F3N3O6/c1-6-8(11(22)25-2)9(10(21)7-4-3-5-26-7)13(24,14(15,16)17)20(6)19-12(18)23/h3-5,9,24H,1-2H3,(H3,18,19,23). The monoisotopic (exact) mass is 377 g/mol. The normalized spacial score (nSPS) is 23.2. The molecule has 0 saturated heterocycles. The van der Waals surface area contributed by atoms with E-state index in [2.05, 4.69) is 4.74 Å². The molecule has 0 radical (unpaired) electrons. The van der Waals surface area contributed by atoms with E-state index in [-0.39, 0.29) is 5.01 Å². The molecule has 1 aromatic heterocycles. The molecule has 2 amide bonds. The lowest BCUT2D eigenvalue weighted by molar-refractivity contribution is -0.318. The van der Waals surface area contributed by atoms with Gasteiger partial charge in [0.2, 0.25) is 5.78 Å². The number of nitrogens with zero attached hydrogens (tertiary/aromatic N) is 1. The zero-order chi connectivity index (χ0) is 19.9. The maximum Gasteiger partial charge on any atom is 0.439 e. The summed E-state index contributed by atoms with van der Waals surface area (Å²) >= 11 is 0. The lowest BCUT2D eigenvalue weighted by atomic mass is 9.85. The van der Waals surface area contributed by atoms with Crippen molar-refractivity contribution >= 4 is 17.8 Å². The predicted molar refractivity (Wildman–Crippen MR) is 76.8 cm³/mol. The second-order valence-electron chi connectivity index (χ2n) is 5.30. The van der Waals surface area contributed by atoms with Gasteiger partial charge in [-0.25, -0.2) is 20.0 Å². The Morgan fingerprint density at radius 2 is 2.04 bits per heavy atom. The molecule has 0 spiro atoms. The van der Waals surface area contributed by atoms with E-state index in [4.69, 9.17) is 10.2 Å². The smallest absolute Gasteiger partial charge is 0.439 e. The van der Waals surface area contributed by atoms with Gasteiger partial charge in [-0.1, -0.05) is 0 Å². The fourth-order valence-electron chi connectivity index (χ4n) is 2.74. The van der Waals surface area contributed by atoms with Crippen LogP contribution in [0.5, 0.6) is 0 Å². The van der Waals surface area contributed by atoms with Crippen LogP contribution in [0.2, 0.25) is 0 Å². The molecule has 1 aliphatic heterocycles. The molecule has 142 valence electrons. The number of rotatable bonds is 4. The Hall–Kier alpha value is -3.02. The van der Waals surface area contributed by atoms with Crippen molar-refractivity contribution in [2.75, 3.05) is 7.11 Å². The van der Waals surface area contributed by atoms with Crippen LogP contribution in [0.25, 0.3) is 0 Å². The number of esters is 1. The molecule has 0 fully saturated rings. The summed E-state index contributed by atoms with van der Waals surface area (Å²) in [5.41, 5.74) is 1.07. The van der Waals surface area contributed by atoms with Gasteiger partial charge < -0.3 is 20.0 Å². The number of hydrazine groups is 1. The number of hydrogen-bond acceptors (Lipinski definition) is 7. The quantitative estimate of drug-likeness (QED) is 0.518. The van der Waals surface area contributed by atoms with Gasteiger partial charge in [0.1, 0.15) is 5.92 Å². The number of hydrogen-bond donors (Lipinski definition) is 3. The molecule has 12 heteroatoms. The third-order valence-corrected chi connectivity index (χ3v) is 3.83. The first-order valence-corrected chi connectivity index (χ1v) is 6.99. The van der Waals surface area contributed by atoms with Crippen LogP contribution >= 0.6 is 0 Å². The second kappa shape index (κ2) is 6.37. The molecule has 0 saturated carbocycles. The average molecular weight is 377 g/mol. The van der Waals surface area contributed by atoms with Gasteiger partial charge in [0.15, 0.2) is 5.76 Å². The third-order valence-electron chi connectivity index (χ3n) is 3.83. The highest BCUT2D eigenvalue weighted by Gasteiger charge is 2.71. The first-order chi connectivity index (χ1) is 12.0. The SMILES string of the molecule is COC(=O)C1=C(C)N(NC(N)=O)C(O)(C(F)(F)F)C1C(=O)c1ccco1. The number of halogens is 3. The van der Waals surface area contributed by atoms with Gasteiger partial charge in [-0.05, 0) is 19.1 Å². The summed E-state index contributed by atoms with van der Waals surface area (Å²) in [7, 11) is 0.883. The van der Waals surface area contributed by atoms with E-state index in [0.717, 1.165) is 26.4 Å². The van der Waals surface area contributed by atoms with Crippen molar-refractivity contribution in [3.8, 4) is 0 Å². The number of ketones is 1. The highest BCUT2D eigenvalue weighted by Crippen LogP contribution is 2.50. The first-order valence-electron chi connectivity index (χ1n) is 6.99. The zero-order valence-electron chi connectivity index (χ0n) is 13.5. The van der Waals surface area contributed by atoms with Crippen molar-refractivity contribution in [2.24, 2.45) is 11.7 Å². The Bertz CT molecular complexity index is 773. The highest BCUT2D eigenvalue weighted by atomic mass is 19.4. The van der Waals surface area contributed by atoms with Crippen LogP contribution in [0.3, 0.4) is 0 Å². The summed E-state index contributed by atoms with van der Waals surface area (Å²) in [5, 5.41) is 10.4. The number of alkyl halides is 3. The fourth-order valence-corrected chi connectivity index (χ4v) is 2.74. The van der Waals surface area contributed by atoms with Gasteiger partial charge in [0.25, 0.3) is 5.72 Å². The summed E-state index contributed by atoms with van der Waals surface area (Å²) in [6, 6.07) is 0.846. The van der Waals surface area contributed by atoms with Gasteiger partial charge in [-0.3, -0.25) is 4.79 Å². The molecule has 0 aliphatic carbocycles. The number of carbonyl (C=O) groups excluding carboxylic acids is 3. The summed E-state index contributed by atoms with van der Waals surface area (Å²) in [6.07, 6.45) is -4.46. The second-order valence-corrected chi connectivity index (χ2v) is 5.30. The summed E-state index contributed by atoms with van der Waals surface area (Å²) < 4.78 is 50.5. The van der Waals surface area contributed by atoms with Crippen LogP contribution in [0.1, 0.15) is 17.5 Å². The Balaban J connectivity index is 2.73. The van der Waals surface area contributed by atoms with E-state index >= 15 is 0 Å². The summed E-state index contributed by atoms with van der Waals surface area (Å²) in [4.78, 5) is 35.8. The van der Waals surface area contributed by atoms with Crippen LogP contribution in [0.15, 0.2) is 34.1 Å². The van der Waals surface area contributed by atoms with Crippen molar-refractivity contribution in [3.63, 3.8) is 0 Å². The molecule has 1 aliphatic rings. The van der Waals surface area contributed by atoms with Crippen LogP contribution in [0.4, 0.5) is 18.0 Å². The summed E-state index contributed by atoms with van der Waals surface area (Å²) in [6.45, 7) is 0.980. The van der Waals surface area contributed by atoms with Crippen molar-refractivity contribution in [2.45, 2.75) is 18.8 Å². The number of nitrogens with one attached hydrogen (secondary N) is 1. The third kappa shape index (κ3) is 2.77. The maximum absolute atomic E-state index is 13.8. The van der Waals surface area contributed by atoms with Crippen LogP contribution < -0.4 is 11.2 Å². The van der Waals surface area contributed by atoms with Gasteiger partial charge in [-0.15, -0.1) is 0 Å². The number of Topliss-reactive ketones (excluding diaryl/α,β-unsaturated/α-hetero) is 1. The molecule has 2 heterocycles. The Morgan fingerprint density at radius 1 is 1.42 bits per heavy atom. The highest BCUT2D eigenvalue weighted by molar-refractivity contribution is 6.06. The summed E-state index contributed by atoms with van der Waals surface area (Å²) in [5.74, 6) is -5.67. The molecule has 9 nitrogen and oxygen atoms in total. The minimum Gasteiger partial charge on any atom is -0.466 e. The Labute approximate surface area is 144 Å². The van der Waals surface area contributed by atoms with Gasteiger partial charge >= 0.3 is 18.2 Å². The van der Waals surface area contributed by atoms with E-state index in [1.165, 1.54) is 6.07 Å². The Kier molecular flexibility index (Phi) is 4.73. The van der Waals surface area contributed by atoms with Crippen LogP contribution in [-0.2, 0) is 9.53 Å². The van der Waals surface area contributed by atoms with Crippen molar-refractivity contribution in [1.82, 2.24) is 10.4 Å². The molecule has 0 bridgehead atoms. The molecule has 2 rings (SSSR count). The van der Waals surface area contributed by atoms with Crippen molar-refractivity contribution in [3.05, 3.63) is 35.4 Å². The van der Waals surface area contributed by atoms with Gasteiger partial charge in [-0.2, -0.15) is 13.2 Å². The fraction of sp³-hybridized carbons (Fsp3) is 0.357. The lowest BCUT2D eigenvalue weighted by Gasteiger charge is -2.39. The average Bonchev–Trinajstić information content (AvgIpc) is 3.14. The molecular weight excluding hydrogens is 363 g/mol. The molecular formula is C14H14F3N3O6. The van der Waals surface area contributed by atoms with Crippen LogP contribution in [-0.4, -0.2) is 46.9 Å². The van der Waals surface area contributed by atoms with E-state index in [9.17, 15) is 32.7 Å². The number of carbonyl (C=O) groups is 3. The molecule has 26 heavy (non-hydrogen) atoms. The molecule has 0 aromatic carbocycles. The zero-order valence-corrected chi connectivity index (χ0v) is 13.5. The number of amides is 2.